The van der Waals surface area contributed by atoms with Gasteiger partial charge < -0.3 is 14.8 Å². The molecule has 2 aromatic carbocycles. The van der Waals surface area contributed by atoms with E-state index in [4.69, 9.17) is 9.47 Å². The van der Waals surface area contributed by atoms with E-state index in [2.05, 4.69) is 12.2 Å². The summed E-state index contributed by atoms with van der Waals surface area (Å²) in [4.78, 5) is 13.4. The Morgan fingerprint density at radius 2 is 1.83 bits per heavy atom. The predicted molar refractivity (Wildman–Crippen MR) is 98.4 cm³/mol. The summed E-state index contributed by atoms with van der Waals surface area (Å²) >= 11 is 1.68. The number of rotatable bonds is 8. The molecule has 0 saturated carbocycles. The lowest BCUT2D eigenvalue weighted by Crippen LogP contribution is -2.26. The van der Waals surface area contributed by atoms with E-state index in [1.165, 1.54) is 0 Å². The van der Waals surface area contributed by atoms with E-state index in [1.807, 2.05) is 42.5 Å². The number of thioether (sulfide) groups is 1. The molecule has 0 atom stereocenters. The van der Waals surface area contributed by atoms with Crippen LogP contribution in [0, 0.1) is 0 Å². The molecular weight excluding hydrogens is 322 g/mol. The lowest BCUT2D eigenvalue weighted by atomic mass is 10.1. The van der Waals surface area contributed by atoms with Gasteiger partial charge in [0.1, 0.15) is 0 Å². The molecule has 0 aromatic heterocycles. The monoisotopic (exact) mass is 345 g/mol. The van der Waals surface area contributed by atoms with Crippen molar-refractivity contribution in [1.29, 1.82) is 0 Å². The van der Waals surface area contributed by atoms with Gasteiger partial charge >= 0.3 is 0 Å². The highest BCUT2D eigenvalue weighted by molar-refractivity contribution is 7.99. The lowest BCUT2D eigenvalue weighted by molar-refractivity contribution is 0.0951. The zero-order chi connectivity index (χ0) is 17.4. The maximum absolute atomic E-state index is 12.4. The molecule has 1 amide bonds. The van der Waals surface area contributed by atoms with Crippen molar-refractivity contribution in [3.63, 3.8) is 0 Å². The van der Waals surface area contributed by atoms with E-state index in [-0.39, 0.29) is 5.91 Å². The topological polar surface area (TPSA) is 47.6 Å². The van der Waals surface area contributed by atoms with Gasteiger partial charge in [0.2, 0.25) is 0 Å². The number of carbonyl (C=O) groups is 1. The first-order valence-electron chi connectivity index (χ1n) is 7.90. The van der Waals surface area contributed by atoms with Gasteiger partial charge in [0.05, 0.1) is 19.8 Å². The molecular formula is C19H23NO3S. The van der Waals surface area contributed by atoms with Gasteiger partial charge in [-0.2, -0.15) is 0 Å². The van der Waals surface area contributed by atoms with Crippen LogP contribution in [0.5, 0.6) is 11.5 Å². The summed E-state index contributed by atoms with van der Waals surface area (Å²) in [5.74, 6) is 2.31. The van der Waals surface area contributed by atoms with Crippen molar-refractivity contribution in [2.75, 3.05) is 26.5 Å². The summed E-state index contributed by atoms with van der Waals surface area (Å²) < 4.78 is 10.5. The fourth-order valence-corrected chi connectivity index (χ4v) is 3.19. The number of hydrogen-bond donors (Lipinski definition) is 1. The van der Waals surface area contributed by atoms with Crippen molar-refractivity contribution < 1.29 is 14.3 Å². The highest BCUT2D eigenvalue weighted by atomic mass is 32.2. The van der Waals surface area contributed by atoms with E-state index in [0.29, 0.717) is 18.0 Å². The molecule has 0 bridgehead atoms. The van der Waals surface area contributed by atoms with Gasteiger partial charge in [-0.05, 0) is 42.0 Å². The van der Waals surface area contributed by atoms with Crippen LogP contribution in [0.2, 0.25) is 0 Å². The van der Waals surface area contributed by atoms with Gasteiger partial charge in [-0.3, -0.25) is 4.79 Å². The molecule has 1 N–H and O–H groups in total. The van der Waals surface area contributed by atoms with Crippen LogP contribution in [0.25, 0.3) is 0 Å². The highest BCUT2D eigenvalue weighted by Crippen LogP contribution is 2.27. The van der Waals surface area contributed by atoms with Crippen LogP contribution in [0.1, 0.15) is 22.8 Å². The molecule has 0 aliphatic heterocycles. The molecule has 0 radical (unpaired) electrons. The number of benzene rings is 2. The van der Waals surface area contributed by atoms with Crippen LogP contribution in [0.15, 0.2) is 47.4 Å². The maximum Gasteiger partial charge on any atom is 0.252 e. The summed E-state index contributed by atoms with van der Waals surface area (Å²) in [5, 5.41) is 2.99. The summed E-state index contributed by atoms with van der Waals surface area (Å²) in [5.41, 5.74) is 1.82. The number of amides is 1. The first-order valence-corrected chi connectivity index (χ1v) is 8.89. The van der Waals surface area contributed by atoms with E-state index in [0.717, 1.165) is 28.2 Å². The Kier molecular flexibility index (Phi) is 7.00. The average Bonchev–Trinajstić information content (AvgIpc) is 2.62. The highest BCUT2D eigenvalue weighted by Gasteiger charge is 2.10. The van der Waals surface area contributed by atoms with E-state index in [9.17, 15) is 4.79 Å². The summed E-state index contributed by atoms with van der Waals surface area (Å²) in [6.45, 7) is 2.65. The zero-order valence-electron chi connectivity index (χ0n) is 14.3. The molecule has 128 valence electrons. The standard InChI is InChI=1S/C19H23NO3S/c1-4-24-18-8-6-5-7-15(18)19(21)20-12-11-14-9-10-16(22-2)17(13-14)23-3/h5-10,13H,4,11-12H2,1-3H3,(H,20,21). The Morgan fingerprint density at radius 3 is 2.54 bits per heavy atom. The Morgan fingerprint density at radius 1 is 1.08 bits per heavy atom. The Hall–Kier alpha value is -2.14. The fourth-order valence-electron chi connectivity index (χ4n) is 2.39. The van der Waals surface area contributed by atoms with Gasteiger partial charge in [0.25, 0.3) is 5.91 Å². The van der Waals surface area contributed by atoms with Crippen LogP contribution in [-0.4, -0.2) is 32.4 Å². The third kappa shape index (κ3) is 4.68. The van der Waals surface area contributed by atoms with Crippen LogP contribution >= 0.6 is 11.8 Å². The van der Waals surface area contributed by atoms with E-state index in [1.54, 1.807) is 26.0 Å². The van der Waals surface area contributed by atoms with Crippen LogP contribution < -0.4 is 14.8 Å². The molecule has 0 aliphatic carbocycles. The molecule has 0 aliphatic rings. The first kappa shape index (κ1) is 18.2. The van der Waals surface area contributed by atoms with Crippen molar-refractivity contribution in [3.05, 3.63) is 53.6 Å². The quantitative estimate of drug-likeness (QED) is 0.740. The Balaban J connectivity index is 1.96. The number of carbonyl (C=O) groups excluding carboxylic acids is 1. The molecule has 0 saturated heterocycles. The Bertz CT molecular complexity index is 688. The number of ether oxygens (including phenoxy) is 2. The lowest BCUT2D eigenvalue weighted by Gasteiger charge is -2.11. The molecule has 0 spiro atoms. The van der Waals surface area contributed by atoms with Crippen molar-refractivity contribution in [1.82, 2.24) is 5.32 Å². The fraction of sp³-hybridized carbons (Fsp3) is 0.316. The second-order valence-corrected chi connectivity index (χ2v) is 6.43. The maximum atomic E-state index is 12.4. The van der Waals surface area contributed by atoms with Crippen molar-refractivity contribution in [3.8, 4) is 11.5 Å². The first-order chi connectivity index (χ1) is 11.7. The van der Waals surface area contributed by atoms with E-state index < -0.39 is 0 Å². The molecule has 0 unspecified atom stereocenters. The molecule has 24 heavy (non-hydrogen) atoms. The summed E-state index contributed by atoms with van der Waals surface area (Å²) in [6, 6.07) is 13.5. The van der Waals surface area contributed by atoms with Crippen molar-refractivity contribution in [2.24, 2.45) is 0 Å². The van der Waals surface area contributed by atoms with Crippen LogP contribution in [0.3, 0.4) is 0 Å². The van der Waals surface area contributed by atoms with Crippen LogP contribution in [0.4, 0.5) is 0 Å². The smallest absolute Gasteiger partial charge is 0.252 e. The van der Waals surface area contributed by atoms with Gasteiger partial charge in [-0.1, -0.05) is 25.1 Å². The third-order valence-corrected chi connectivity index (χ3v) is 4.53. The van der Waals surface area contributed by atoms with Gasteiger partial charge in [-0.15, -0.1) is 11.8 Å². The SMILES string of the molecule is CCSc1ccccc1C(=O)NCCc1ccc(OC)c(OC)c1. The number of hydrogen-bond acceptors (Lipinski definition) is 4. The normalized spacial score (nSPS) is 10.3. The van der Waals surface area contributed by atoms with Crippen molar-refractivity contribution >= 4 is 17.7 Å². The molecule has 5 heteroatoms. The molecule has 0 heterocycles. The van der Waals surface area contributed by atoms with Gasteiger partial charge in [0.15, 0.2) is 11.5 Å². The molecule has 4 nitrogen and oxygen atoms in total. The molecule has 2 rings (SSSR count). The average molecular weight is 345 g/mol. The van der Waals surface area contributed by atoms with E-state index >= 15 is 0 Å². The second kappa shape index (κ2) is 9.23. The largest absolute Gasteiger partial charge is 0.493 e. The summed E-state index contributed by atoms with van der Waals surface area (Å²) in [7, 11) is 3.23. The predicted octanol–water partition coefficient (Wildman–Crippen LogP) is 3.79. The van der Waals surface area contributed by atoms with Crippen LogP contribution in [-0.2, 0) is 6.42 Å². The number of methoxy groups -OCH3 is 2. The van der Waals surface area contributed by atoms with Gasteiger partial charge in [0, 0.05) is 11.4 Å². The second-order valence-electron chi connectivity index (χ2n) is 5.12. The summed E-state index contributed by atoms with van der Waals surface area (Å²) in [6.07, 6.45) is 0.731. The minimum absolute atomic E-state index is 0.0352. The van der Waals surface area contributed by atoms with Gasteiger partial charge in [-0.25, -0.2) is 0 Å². The minimum Gasteiger partial charge on any atom is -0.493 e. The zero-order valence-corrected chi connectivity index (χ0v) is 15.1. The molecule has 2 aromatic rings. The van der Waals surface area contributed by atoms with Crippen molar-refractivity contribution in [2.45, 2.75) is 18.2 Å². The number of nitrogens with one attached hydrogen (secondary N) is 1. The molecule has 0 fully saturated rings. The Labute approximate surface area is 147 Å². The third-order valence-electron chi connectivity index (χ3n) is 3.58. The minimum atomic E-state index is -0.0352.